The molecule has 0 N–H and O–H groups in total. The molecule has 0 aromatic heterocycles. The van der Waals surface area contributed by atoms with E-state index in [9.17, 15) is 0 Å². The molecule has 3 rings (SSSR count). The van der Waals surface area contributed by atoms with E-state index in [4.69, 9.17) is 0 Å². The van der Waals surface area contributed by atoms with E-state index in [0.29, 0.717) is 15.0 Å². The first-order chi connectivity index (χ1) is 8.93. The molecular weight excluding hydrogens is 303 g/mol. The molecule has 90 valence electrons. The van der Waals surface area contributed by atoms with Crippen LogP contribution in [0.2, 0.25) is 5.32 Å². The Morgan fingerprint density at radius 1 is 0.833 bits per heavy atom. The van der Waals surface area contributed by atoms with Gasteiger partial charge < -0.3 is 0 Å². The van der Waals surface area contributed by atoms with Crippen molar-refractivity contribution >= 4 is 31.2 Å². The maximum absolute atomic E-state index is 2.24. The zero-order chi connectivity index (χ0) is 12.2. The number of hydrogen-bond donors (Lipinski definition) is 0. The van der Waals surface area contributed by atoms with E-state index < -0.39 is 0 Å². The molecule has 1 aliphatic heterocycles. The van der Waals surface area contributed by atoms with E-state index in [-0.39, 0.29) is 0 Å². The van der Waals surface area contributed by atoms with Crippen LogP contribution in [-0.2, 0) is 0 Å². The van der Waals surface area contributed by atoms with Crippen LogP contribution >= 0.6 is 11.8 Å². The summed E-state index contributed by atoms with van der Waals surface area (Å²) in [5, 5.41) is 1.35. The fourth-order valence-electron chi connectivity index (χ4n) is 2.00. The zero-order valence-electron chi connectivity index (χ0n) is 10.0. The second-order valence-electron chi connectivity index (χ2n) is 4.13. The van der Waals surface area contributed by atoms with Crippen molar-refractivity contribution in [2.45, 2.75) is 16.6 Å². The van der Waals surface area contributed by atoms with Gasteiger partial charge in [-0.05, 0) is 0 Å². The molecule has 0 nitrogen and oxygen atoms in total. The number of benzene rings is 2. The Morgan fingerprint density at radius 3 is 2.22 bits per heavy atom. The molecule has 0 unspecified atom stereocenters. The van der Waals surface area contributed by atoms with Crippen LogP contribution in [0.25, 0.3) is 4.47 Å². The monoisotopic (exact) mass is 318 g/mol. The molecule has 18 heavy (non-hydrogen) atoms. The molecule has 0 atom stereocenters. The van der Waals surface area contributed by atoms with Crippen LogP contribution in [0, 0.1) is 0 Å². The first-order valence-corrected chi connectivity index (χ1v) is 8.96. The fraction of sp³-hybridized carbons (Fsp3) is 0.125. The number of rotatable bonds is 3. The third kappa shape index (κ3) is 2.72. The molecule has 2 heteroatoms. The van der Waals surface area contributed by atoms with Gasteiger partial charge in [0.15, 0.2) is 0 Å². The zero-order valence-corrected chi connectivity index (χ0v) is 12.5. The van der Waals surface area contributed by atoms with Crippen LogP contribution in [0.1, 0.15) is 12.0 Å². The van der Waals surface area contributed by atoms with Gasteiger partial charge in [0.2, 0.25) is 0 Å². The Kier molecular flexibility index (Phi) is 3.89. The number of hydrogen-bond acceptors (Lipinski definition) is 1. The van der Waals surface area contributed by atoms with Gasteiger partial charge in [0.05, 0.1) is 0 Å². The molecule has 0 fully saturated rings. The van der Waals surface area contributed by atoms with Crippen molar-refractivity contribution in [3.8, 4) is 0 Å². The Morgan fingerprint density at radius 2 is 1.50 bits per heavy atom. The Balaban J connectivity index is 1.90. The standard InChI is InChI=1S/C16H14SSe/c1-3-7-13(8-4-1)16-15(11-12-18-16)17-14-9-5-2-6-10-14/h1-10H,11-12H2. The van der Waals surface area contributed by atoms with Gasteiger partial charge in [0, 0.05) is 0 Å². The molecule has 0 bridgehead atoms. The van der Waals surface area contributed by atoms with Crippen molar-refractivity contribution in [1.82, 2.24) is 0 Å². The quantitative estimate of drug-likeness (QED) is 0.741. The SMILES string of the molecule is c1ccc(SC2=C(c3ccccc3)[Se]CC2)cc1. The van der Waals surface area contributed by atoms with Crippen LogP contribution in [0.15, 0.2) is 70.5 Å². The van der Waals surface area contributed by atoms with E-state index in [2.05, 4.69) is 60.7 Å². The van der Waals surface area contributed by atoms with Crippen molar-refractivity contribution in [2.24, 2.45) is 0 Å². The summed E-state index contributed by atoms with van der Waals surface area (Å²) in [4.78, 5) is 2.94. The van der Waals surface area contributed by atoms with Gasteiger partial charge in [-0.3, -0.25) is 0 Å². The first-order valence-electron chi connectivity index (χ1n) is 6.08. The third-order valence-electron chi connectivity index (χ3n) is 2.85. The second kappa shape index (κ2) is 5.79. The summed E-state index contributed by atoms with van der Waals surface area (Å²) in [7, 11) is 0. The number of allylic oxidation sites excluding steroid dienone is 1. The Hall–Kier alpha value is -0.951. The predicted octanol–water partition coefficient (Wildman–Crippen LogP) is 4.67. The van der Waals surface area contributed by atoms with Crippen LogP contribution in [-0.4, -0.2) is 15.0 Å². The van der Waals surface area contributed by atoms with Crippen LogP contribution in [0.4, 0.5) is 0 Å². The molecule has 0 radical (unpaired) electrons. The fourth-order valence-corrected chi connectivity index (χ4v) is 6.11. The average molecular weight is 317 g/mol. The summed E-state index contributed by atoms with van der Waals surface area (Å²) in [5.74, 6) is 0. The Bertz CT molecular complexity index is 546. The Labute approximate surface area is 119 Å². The van der Waals surface area contributed by atoms with E-state index in [1.807, 2.05) is 11.8 Å². The minimum absolute atomic E-state index is 0.651. The second-order valence-corrected chi connectivity index (χ2v) is 7.62. The number of thioether (sulfide) groups is 1. The first kappa shape index (κ1) is 12.1. The molecule has 0 amide bonds. The van der Waals surface area contributed by atoms with Crippen molar-refractivity contribution in [3.05, 3.63) is 71.1 Å². The van der Waals surface area contributed by atoms with Gasteiger partial charge in [-0.1, -0.05) is 0 Å². The summed E-state index contributed by atoms with van der Waals surface area (Å²) in [6.07, 6.45) is 1.25. The molecule has 2 aromatic rings. The average Bonchev–Trinajstić information content (AvgIpc) is 2.89. The van der Waals surface area contributed by atoms with E-state index in [1.54, 1.807) is 9.38 Å². The molecule has 0 saturated heterocycles. The van der Waals surface area contributed by atoms with Gasteiger partial charge in [0.25, 0.3) is 0 Å². The molecular formula is C16H14SSe. The predicted molar refractivity (Wildman–Crippen MR) is 80.8 cm³/mol. The van der Waals surface area contributed by atoms with Gasteiger partial charge in [-0.15, -0.1) is 0 Å². The topological polar surface area (TPSA) is 0 Å². The van der Waals surface area contributed by atoms with E-state index in [1.165, 1.54) is 22.2 Å². The van der Waals surface area contributed by atoms with E-state index in [0.717, 1.165) is 0 Å². The molecule has 2 aromatic carbocycles. The molecule has 0 spiro atoms. The summed E-state index contributed by atoms with van der Waals surface area (Å²) < 4.78 is 1.61. The normalized spacial score (nSPS) is 15.1. The van der Waals surface area contributed by atoms with Crippen molar-refractivity contribution in [3.63, 3.8) is 0 Å². The van der Waals surface area contributed by atoms with Gasteiger partial charge in [-0.2, -0.15) is 0 Å². The van der Waals surface area contributed by atoms with E-state index >= 15 is 0 Å². The van der Waals surface area contributed by atoms with Gasteiger partial charge in [0.1, 0.15) is 0 Å². The molecule has 1 heterocycles. The third-order valence-corrected chi connectivity index (χ3v) is 6.78. The summed E-state index contributed by atoms with van der Waals surface area (Å²) >= 11 is 2.60. The van der Waals surface area contributed by atoms with Crippen molar-refractivity contribution in [1.29, 1.82) is 0 Å². The summed E-state index contributed by atoms with van der Waals surface area (Å²) in [6, 6.07) is 21.6. The van der Waals surface area contributed by atoms with Crippen LogP contribution in [0.5, 0.6) is 0 Å². The molecule has 1 aliphatic rings. The summed E-state index contributed by atoms with van der Waals surface area (Å²) in [5.41, 5.74) is 1.42. The van der Waals surface area contributed by atoms with Crippen LogP contribution < -0.4 is 0 Å². The van der Waals surface area contributed by atoms with Gasteiger partial charge >= 0.3 is 119 Å². The minimum atomic E-state index is 0.651. The maximum atomic E-state index is 2.24. The summed E-state index contributed by atoms with van der Waals surface area (Å²) in [6.45, 7) is 0. The molecule has 0 aliphatic carbocycles. The molecule has 0 saturated carbocycles. The van der Waals surface area contributed by atoms with Crippen molar-refractivity contribution in [2.75, 3.05) is 0 Å². The van der Waals surface area contributed by atoms with Crippen LogP contribution in [0.3, 0.4) is 0 Å². The van der Waals surface area contributed by atoms with Crippen molar-refractivity contribution < 1.29 is 0 Å². The van der Waals surface area contributed by atoms with Gasteiger partial charge in [-0.25, -0.2) is 0 Å².